The summed E-state index contributed by atoms with van der Waals surface area (Å²) in [4.78, 5) is 36.3. The maximum absolute atomic E-state index is 13.9. The number of benzene rings is 1. The maximum Gasteiger partial charge on any atom is 0.328 e. The molecular formula is C15H11BrClFN2O4S. The number of carboxylic acid groups (broad SMARTS) is 1. The van der Waals surface area contributed by atoms with Crippen molar-refractivity contribution in [1.29, 1.82) is 0 Å². The van der Waals surface area contributed by atoms with E-state index in [1.165, 1.54) is 18.2 Å². The minimum Gasteiger partial charge on any atom is -0.480 e. The molecule has 0 fully saturated rings. The van der Waals surface area contributed by atoms with Crippen molar-refractivity contribution in [2.75, 3.05) is 0 Å². The maximum atomic E-state index is 13.9. The van der Waals surface area contributed by atoms with Gasteiger partial charge in [-0.2, -0.15) is 0 Å². The van der Waals surface area contributed by atoms with Crippen LogP contribution in [0.2, 0.25) is 5.02 Å². The van der Waals surface area contributed by atoms with Crippen LogP contribution in [0.25, 0.3) is 0 Å². The van der Waals surface area contributed by atoms with Crippen molar-refractivity contribution < 1.29 is 23.9 Å². The van der Waals surface area contributed by atoms with Crippen LogP contribution in [0.5, 0.6) is 0 Å². The lowest BCUT2D eigenvalue weighted by molar-refractivity contribution is -0.142. The molecule has 0 aliphatic heterocycles. The zero-order valence-corrected chi connectivity index (χ0v) is 15.6. The molecule has 0 unspecified atom stereocenters. The molecule has 1 aromatic heterocycles. The summed E-state index contributed by atoms with van der Waals surface area (Å²) in [5, 5.41) is 9.42. The van der Waals surface area contributed by atoms with Crippen molar-refractivity contribution in [2.45, 2.75) is 12.5 Å². The summed E-state index contributed by atoms with van der Waals surface area (Å²) in [7, 11) is 0. The summed E-state index contributed by atoms with van der Waals surface area (Å²) >= 11 is 10.1. The van der Waals surface area contributed by atoms with Crippen molar-refractivity contribution >= 4 is 56.5 Å². The number of carboxylic acids is 1. The number of carbonyl (C=O) groups is 3. The summed E-state index contributed by atoms with van der Waals surface area (Å²) < 4.78 is 14.5. The molecule has 6 nitrogen and oxygen atoms in total. The molecule has 2 rings (SSSR count). The second-order valence-electron chi connectivity index (χ2n) is 4.89. The molecule has 1 atom stereocenters. The molecule has 25 heavy (non-hydrogen) atoms. The van der Waals surface area contributed by atoms with E-state index in [0.717, 1.165) is 17.4 Å². The number of nitrogens with two attached hydrogens (primary N) is 1. The lowest BCUT2D eigenvalue weighted by atomic mass is 10.1. The van der Waals surface area contributed by atoms with Gasteiger partial charge in [-0.05, 0) is 40.2 Å². The molecule has 0 aliphatic rings. The van der Waals surface area contributed by atoms with Crippen LogP contribution in [0.3, 0.4) is 0 Å². The number of thiophene rings is 1. The second kappa shape index (κ2) is 8.05. The van der Waals surface area contributed by atoms with Gasteiger partial charge in [-0.25, -0.2) is 15.0 Å². The molecule has 0 spiro atoms. The summed E-state index contributed by atoms with van der Waals surface area (Å²) in [6, 6.07) is 5.05. The number of nitrogens with zero attached hydrogens (tertiary/aromatic N) is 1. The molecule has 1 amide bonds. The van der Waals surface area contributed by atoms with Gasteiger partial charge in [0.2, 0.25) is 0 Å². The van der Waals surface area contributed by atoms with E-state index in [0.29, 0.717) is 13.7 Å². The lowest BCUT2D eigenvalue weighted by Crippen LogP contribution is -2.50. The number of rotatable bonds is 6. The van der Waals surface area contributed by atoms with Gasteiger partial charge in [0, 0.05) is 6.42 Å². The van der Waals surface area contributed by atoms with Crippen molar-refractivity contribution in [3.05, 3.63) is 55.4 Å². The molecule has 1 heterocycles. The zero-order valence-electron chi connectivity index (χ0n) is 12.4. The highest BCUT2D eigenvalue weighted by atomic mass is 79.9. The Morgan fingerprint density at radius 1 is 1.32 bits per heavy atom. The number of amides is 1. The normalized spacial score (nSPS) is 11.8. The SMILES string of the molecule is NN(C(=O)c1c(F)cccc1Cl)[C@@H](CC(=O)c1ccc(Br)s1)C(=O)O. The van der Waals surface area contributed by atoms with Crippen LogP contribution in [-0.2, 0) is 4.79 Å². The Morgan fingerprint density at radius 2 is 2.00 bits per heavy atom. The summed E-state index contributed by atoms with van der Waals surface area (Å²) in [6.45, 7) is 0. The first-order valence-electron chi connectivity index (χ1n) is 6.76. The number of aliphatic carboxylic acids is 1. The Hall–Kier alpha value is -1.81. The van der Waals surface area contributed by atoms with E-state index in [9.17, 15) is 23.9 Å². The highest BCUT2D eigenvalue weighted by Crippen LogP contribution is 2.25. The average molecular weight is 450 g/mol. The van der Waals surface area contributed by atoms with Gasteiger partial charge in [-0.15, -0.1) is 11.3 Å². The fourth-order valence-corrected chi connectivity index (χ4v) is 3.60. The van der Waals surface area contributed by atoms with Crippen molar-refractivity contribution in [1.82, 2.24) is 5.01 Å². The van der Waals surface area contributed by atoms with Gasteiger partial charge in [0.25, 0.3) is 5.91 Å². The minimum absolute atomic E-state index is 0.210. The fraction of sp³-hybridized carbons (Fsp3) is 0.133. The van der Waals surface area contributed by atoms with E-state index >= 15 is 0 Å². The number of carbonyl (C=O) groups excluding carboxylic acids is 2. The minimum atomic E-state index is -1.67. The van der Waals surface area contributed by atoms with Crippen LogP contribution in [0.15, 0.2) is 34.1 Å². The Labute approximate surface area is 159 Å². The van der Waals surface area contributed by atoms with Gasteiger partial charge in [-0.1, -0.05) is 17.7 Å². The molecule has 132 valence electrons. The molecular weight excluding hydrogens is 439 g/mol. The molecule has 10 heteroatoms. The van der Waals surface area contributed by atoms with E-state index in [1.54, 1.807) is 6.07 Å². The van der Waals surface area contributed by atoms with E-state index in [2.05, 4.69) is 15.9 Å². The molecule has 0 aliphatic carbocycles. The predicted molar refractivity (Wildman–Crippen MR) is 94.2 cm³/mol. The molecule has 0 saturated heterocycles. The second-order valence-corrected chi connectivity index (χ2v) is 7.76. The van der Waals surface area contributed by atoms with Gasteiger partial charge >= 0.3 is 5.97 Å². The molecule has 0 radical (unpaired) electrons. The van der Waals surface area contributed by atoms with Crippen LogP contribution in [0, 0.1) is 5.82 Å². The first-order valence-corrected chi connectivity index (χ1v) is 8.74. The zero-order chi connectivity index (χ0) is 18.7. The van der Waals surface area contributed by atoms with E-state index in [-0.39, 0.29) is 5.02 Å². The van der Waals surface area contributed by atoms with E-state index in [4.69, 9.17) is 17.4 Å². The summed E-state index contributed by atoms with van der Waals surface area (Å²) in [5.74, 6) is 1.51. The third-order valence-corrected chi connectivity index (χ3v) is 5.24. The Kier molecular flexibility index (Phi) is 6.28. The third-order valence-electron chi connectivity index (χ3n) is 3.26. The summed E-state index contributed by atoms with van der Waals surface area (Å²) in [5.41, 5.74) is -0.552. The fourth-order valence-electron chi connectivity index (χ4n) is 2.02. The number of ketones is 1. The number of hydrogen-bond donors (Lipinski definition) is 2. The van der Waals surface area contributed by atoms with Crippen molar-refractivity contribution in [2.24, 2.45) is 5.84 Å². The highest BCUT2D eigenvalue weighted by Gasteiger charge is 2.33. The van der Waals surface area contributed by atoms with Gasteiger partial charge in [0.15, 0.2) is 11.8 Å². The predicted octanol–water partition coefficient (Wildman–Crippen LogP) is 3.35. The van der Waals surface area contributed by atoms with E-state index in [1.807, 2.05) is 0 Å². The van der Waals surface area contributed by atoms with Crippen LogP contribution in [0.4, 0.5) is 4.39 Å². The standard InChI is InChI=1S/C15H11BrClFN2O4S/c16-12-5-4-11(25-12)10(21)6-9(15(23)24)20(19)14(22)13-7(17)2-1-3-8(13)18/h1-5,9H,6,19H2,(H,23,24)/t9-/m0/s1. The number of halogens is 3. The quantitative estimate of drug-likeness (QED) is 0.305. The van der Waals surface area contributed by atoms with Crippen molar-refractivity contribution in [3.63, 3.8) is 0 Å². The van der Waals surface area contributed by atoms with Crippen LogP contribution in [0.1, 0.15) is 26.5 Å². The highest BCUT2D eigenvalue weighted by molar-refractivity contribution is 9.11. The third kappa shape index (κ3) is 4.43. The number of Topliss-reactive ketones (excluding diaryl/α,β-unsaturated/α-hetero) is 1. The molecule has 0 saturated carbocycles. The van der Waals surface area contributed by atoms with Crippen LogP contribution >= 0.6 is 38.9 Å². The van der Waals surface area contributed by atoms with E-state index < -0.39 is 41.5 Å². The van der Waals surface area contributed by atoms with Gasteiger partial charge in [0.05, 0.1) is 19.2 Å². The Balaban J connectivity index is 2.26. The van der Waals surface area contributed by atoms with Gasteiger partial charge in [0.1, 0.15) is 5.82 Å². The topological polar surface area (TPSA) is 101 Å². The smallest absolute Gasteiger partial charge is 0.328 e. The van der Waals surface area contributed by atoms with Crippen LogP contribution in [-0.4, -0.2) is 33.8 Å². The number of hydrogen-bond acceptors (Lipinski definition) is 5. The monoisotopic (exact) mass is 448 g/mol. The Morgan fingerprint density at radius 3 is 2.52 bits per heavy atom. The van der Waals surface area contributed by atoms with Gasteiger partial charge in [-0.3, -0.25) is 14.6 Å². The molecule has 0 bridgehead atoms. The lowest BCUT2D eigenvalue weighted by Gasteiger charge is -2.24. The average Bonchev–Trinajstić information content (AvgIpc) is 2.97. The Bertz CT molecular complexity index is 824. The molecule has 1 aromatic carbocycles. The number of hydrazine groups is 1. The summed E-state index contributed by atoms with van der Waals surface area (Å²) in [6.07, 6.45) is -0.559. The largest absolute Gasteiger partial charge is 0.480 e. The van der Waals surface area contributed by atoms with Crippen LogP contribution < -0.4 is 5.84 Å². The molecule has 2 aromatic rings. The first-order chi connectivity index (χ1) is 11.7. The first kappa shape index (κ1) is 19.5. The van der Waals surface area contributed by atoms with Gasteiger partial charge < -0.3 is 5.11 Å². The van der Waals surface area contributed by atoms with Crippen molar-refractivity contribution in [3.8, 4) is 0 Å². The molecule has 3 N–H and O–H groups in total.